The molecule has 0 aliphatic rings. The maximum atomic E-state index is 13.5. The normalized spacial score (nSPS) is 10.9. The Kier molecular flexibility index (Phi) is 3.33. The molecule has 2 heterocycles. The molecule has 0 saturated carbocycles. The molecule has 3 rings (SSSR count). The molecule has 5 heteroatoms. The summed E-state index contributed by atoms with van der Waals surface area (Å²) in [6.07, 6.45) is 2.46. The van der Waals surface area contributed by atoms with E-state index in [-0.39, 0.29) is 5.82 Å². The molecular weight excluding hydrogens is 255 g/mol. The number of hydrogen-bond donors (Lipinski definition) is 1. The number of halogens is 1. The summed E-state index contributed by atoms with van der Waals surface area (Å²) in [7, 11) is 0. The van der Waals surface area contributed by atoms with E-state index < -0.39 is 0 Å². The standard InChI is InChI=1S/C15H15FN4/c1-11-5-4-10-20-14(11)18-15(19-20)17-9-8-12-6-2-3-7-13(12)16/h2-7,10H,8-9H2,1H3,(H,17,19). The van der Waals surface area contributed by atoms with Crippen LogP contribution in [-0.4, -0.2) is 21.1 Å². The zero-order valence-electron chi connectivity index (χ0n) is 11.2. The molecule has 20 heavy (non-hydrogen) atoms. The molecule has 1 N–H and O–H groups in total. The molecule has 0 aliphatic carbocycles. The Morgan fingerprint density at radius 3 is 2.85 bits per heavy atom. The molecule has 2 aromatic heterocycles. The van der Waals surface area contributed by atoms with Gasteiger partial charge in [-0.05, 0) is 36.6 Å². The zero-order chi connectivity index (χ0) is 13.9. The Hall–Kier alpha value is -2.43. The molecule has 3 aromatic rings. The minimum absolute atomic E-state index is 0.173. The maximum Gasteiger partial charge on any atom is 0.243 e. The van der Waals surface area contributed by atoms with Crippen LogP contribution < -0.4 is 5.32 Å². The van der Waals surface area contributed by atoms with Crippen LogP contribution in [0, 0.1) is 12.7 Å². The molecule has 0 bridgehead atoms. The van der Waals surface area contributed by atoms with E-state index in [1.165, 1.54) is 6.07 Å². The third-order valence-electron chi connectivity index (χ3n) is 3.19. The number of anilines is 1. The van der Waals surface area contributed by atoms with Crippen molar-refractivity contribution in [3.05, 3.63) is 59.5 Å². The summed E-state index contributed by atoms with van der Waals surface area (Å²) >= 11 is 0. The van der Waals surface area contributed by atoms with Crippen molar-refractivity contribution < 1.29 is 4.39 Å². The van der Waals surface area contributed by atoms with Crippen molar-refractivity contribution in [2.75, 3.05) is 11.9 Å². The molecule has 0 spiro atoms. The first kappa shape index (κ1) is 12.6. The molecular formula is C15H15FN4. The van der Waals surface area contributed by atoms with Crippen molar-refractivity contribution in [2.45, 2.75) is 13.3 Å². The molecule has 0 saturated heterocycles. The summed E-state index contributed by atoms with van der Waals surface area (Å²) in [6.45, 7) is 2.59. The van der Waals surface area contributed by atoms with E-state index >= 15 is 0 Å². The third kappa shape index (κ3) is 2.47. The predicted molar refractivity (Wildman–Crippen MR) is 76.3 cm³/mol. The van der Waals surface area contributed by atoms with Crippen molar-refractivity contribution in [2.24, 2.45) is 0 Å². The Balaban J connectivity index is 1.68. The van der Waals surface area contributed by atoms with Crippen molar-refractivity contribution >= 4 is 11.6 Å². The Bertz CT molecular complexity index is 736. The smallest absolute Gasteiger partial charge is 0.243 e. The first-order chi connectivity index (χ1) is 9.74. The highest BCUT2D eigenvalue weighted by molar-refractivity contribution is 5.49. The van der Waals surface area contributed by atoms with E-state index in [1.54, 1.807) is 16.6 Å². The van der Waals surface area contributed by atoms with Crippen LogP contribution in [0.1, 0.15) is 11.1 Å². The third-order valence-corrected chi connectivity index (χ3v) is 3.19. The van der Waals surface area contributed by atoms with Gasteiger partial charge in [-0.25, -0.2) is 8.91 Å². The highest BCUT2D eigenvalue weighted by Crippen LogP contribution is 2.11. The van der Waals surface area contributed by atoms with Gasteiger partial charge in [0.15, 0.2) is 5.65 Å². The van der Waals surface area contributed by atoms with Crippen molar-refractivity contribution in [1.82, 2.24) is 14.6 Å². The van der Waals surface area contributed by atoms with Crippen LogP contribution in [0.2, 0.25) is 0 Å². The van der Waals surface area contributed by atoms with E-state index in [9.17, 15) is 4.39 Å². The fourth-order valence-electron chi connectivity index (χ4n) is 2.12. The monoisotopic (exact) mass is 270 g/mol. The van der Waals surface area contributed by atoms with Crippen LogP contribution in [0.15, 0.2) is 42.6 Å². The van der Waals surface area contributed by atoms with Crippen LogP contribution in [0.4, 0.5) is 10.3 Å². The van der Waals surface area contributed by atoms with Gasteiger partial charge in [0, 0.05) is 12.7 Å². The van der Waals surface area contributed by atoms with Crippen molar-refractivity contribution in [3.63, 3.8) is 0 Å². The number of rotatable bonds is 4. The average molecular weight is 270 g/mol. The van der Waals surface area contributed by atoms with Crippen molar-refractivity contribution in [1.29, 1.82) is 0 Å². The van der Waals surface area contributed by atoms with Gasteiger partial charge in [0.2, 0.25) is 5.95 Å². The summed E-state index contributed by atoms with van der Waals surface area (Å²) in [5.41, 5.74) is 2.60. The lowest BCUT2D eigenvalue weighted by Gasteiger charge is -2.03. The number of fused-ring (bicyclic) bond motifs is 1. The largest absolute Gasteiger partial charge is 0.353 e. The topological polar surface area (TPSA) is 42.2 Å². The SMILES string of the molecule is Cc1cccn2nc(NCCc3ccccc3F)nc12. The van der Waals surface area contributed by atoms with Crippen molar-refractivity contribution in [3.8, 4) is 0 Å². The molecule has 0 aliphatic heterocycles. The Morgan fingerprint density at radius 1 is 1.20 bits per heavy atom. The van der Waals surface area contributed by atoms with Gasteiger partial charge in [-0.15, -0.1) is 5.10 Å². The van der Waals surface area contributed by atoms with Crippen LogP contribution in [0.25, 0.3) is 5.65 Å². The molecule has 4 nitrogen and oxygen atoms in total. The minimum Gasteiger partial charge on any atom is -0.353 e. The number of nitrogens with one attached hydrogen (secondary N) is 1. The van der Waals surface area contributed by atoms with Gasteiger partial charge in [0.1, 0.15) is 5.82 Å². The molecule has 0 fully saturated rings. The van der Waals surface area contributed by atoms with Gasteiger partial charge in [-0.3, -0.25) is 0 Å². The number of hydrogen-bond acceptors (Lipinski definition) is 3. The average Bonchev–Trinajstić information content (AvgIpc) is 2.85. The molecule has 0 unspecified atom stereocenters. The molecule has 1 aromatic carbocycles. The number of aromatic nitrogens is 3. The van der Waals surface area contributed by atoms with Gasteiger partial charge in [0.05, 0.1) is 0 Å². The Labute approximate surface area is 116 Å². The first-order valence-corrected chi connectivity index (χ1v) is 6.53. The van der Waals surface area contributed by atoms with Crippen LogP contribution in [0.5, 0.6) is 0 Å². The molecule has 102 valence electrons. The van der Waals surface area contributed by atoms with Gasteiger partial charge in [-0.2, -0.15) is 4.98 Å². The van der Waals surface area contributed by atoms with E-state index in [0.717, 1.165) is 11.2 Å². The summed E-state index contributed by atoms with van der Waals surface area (Å²) in [5, 5.41) is 7.46. The van der Waals surface area contributed by atoms with Gasteiger partial charge < -0.3 is 5.32 Å². The summed E-state index contributed by atoms with van der Waals surface area (Å²) < 4.78 is 15.2. The summed E-state index contributed by atoms with van der Waals surface area (Å²) in [6, 6.07) is 10.7. The second-order valence-electron chi connectivity index (χ2n) is 4.66. The van der Waals surface area contributed by atoms with Crippen LogP contribution >= 0.6 is 0 Å². The highest BCUT2D eigenvalue weighted by Gasteiger charge is 2.05. The lowest BCUT2D eigenvalue weighted by Crippen LogP contribution is -2.07. The molecule has 0 radical (unpaired) electrons. The van der Waals surface area contributed by atoms with E-state index in [1.807, 2.05) is 31.3 Å². The van der Waals surface area contributed by atoms with Crippen LogP contribution in [-0.2, 0) is 6.42 Å². The minimum atomic E-state index is -0.173. The lowest BCUT2D eigenvalue weighted by atomic mass is 10.1. The zero-order valence-corrected chi connectivity index (χ0v) is 11.2. The second-order valence-corrected chi connectivity index (χ2v) is 4.66. The van der Waals surface area contributed by atoms with Gasteiger partial charge in [0.25, 0.3) is 0 Å². The fourth-order valence-corrected chi connectivity index (χ4v) is 2.12. The number of benzene rings is 1. The number of pyridine rings is 1. The second kappa shape index (κ2) is 5.28. The molecule has 0 atom stereocenters. The van der Waals surface area contributed by atoms with Gasteiger partial charge >= 0.3 is 0 Å². The quantitative estimate of drug-likeness (QED) is 0.792. The highest BCUT2D eigenvalue weighted by atomic mass is 19.1. The maximum absolute atomic E-state index is 13.5. The number of aryl methyl sites for hydroxylation is 1. The fraction of sp³-hybridized carbons (Fsp3) is 0.200. The number of nitrogens with zero attached hydrogens (tertiary/aromatic N) is 3. The summed E-state index contributed by atoms with van der Waals surface area (Å²) in [5.74, 6) is 0.392. The van der Waals surface area contributed by atoms with Gasteiger partial charge in [-0.1, -0.05) is 24.3 Å². The molecule has 0 amide bonds. The summed E-state index contributed by atoms with van der Waals surface area (Å²) in [4.78, 5) is 4.41. The lowest BCUT2D eigenvalue weighted by molar-refractivity contribution is 0.610. The van der Waals surface area contributed by atoms with E-state index in [2.05, 4.69) is 15.4 Å². The Morgan fingerprint density at radius 2 is 2.05 bits per heavy atom. The first-order valence-electron chi connectivity index (χ1n) is 6.53. The predicted octanol–water partition coefficient (Wildman–Crippen LogP) is 2.83. The van der Waals surface area contributed by atoms with E-state index in [0.29, 0.717) is 24.5 Å². The van der Waals surface area contributed by atoms with Crippen LogP contribution in [0.3, 0.4) is 0 Å². The van der Waals surface area contributed by atoms with E-state index in [4.69, 9.17) is 0 Å².